The molecule has 0 radical (unpaired) electrons. The molecule has 0 aliphatic heterocycles. The highest BCUT2D eigenvalue weighted by Crippen LogP contribution is 2.44. The third-order valence-electron chi connectivity index (χ3n) is 4.56. The standard InChI is InChI=1S/C21H31BrOS2/c1-4-6-8-10-12-16-15-19(22)25-20(16)18-14-17(21(23-3)24-18)13-11-9-7-5-2/h14-15H,4-13H2,1-3H3. The van der Waals surface area contributed by atoms with Gasteiger partial charge in [0.1, 0.15) is 0 Å². The van der Waals surface area contributed by atoms with Crippen molar-refractivity contribution in [1.29, 1.82) is 0 Å². The molecular weight excluding hydrogens is 412 g/mol. The third-order valence-corrected chi connectivity index (χ3v) is 7.56. The lowest BCUT2D eigenvalue weighted by Crippen LogP contribution is -1.87. The molecular formula is C21H31BrOS2. The second-order valence-electron chi connectivity index (χ2n) is 6.65. The van der Waals surface area contributed by atoms with Crippen molar-refractivity contribution in [3.63, 3.8) is 0 Å². The Morgan fingerprint density at radius 2 is 1.48 bits per heavy atom. The molecule has 0 unspecified atom stereocenters. The fourth-order valence-corrected chi connectivity index (χ4v) is 6.00. The summed E-state index contributed by atoms with van der Waals surface area (Å²) in [6.07, 6.45) is 12.8. The molecule has 0 bridgehead atoms. The number of thiophene rings is 2. The molecule has 0 amide bonds. The molecule has 0 spiro atoms. The summed E-state index contributed by atoms with van der Waals surface area (Å²) < 4.78 is 6.92. The molecule has 0 saturated carbocycles. The van der Waals surface area contributed by atoms with Crippen molar-refractivity contribution in [2.75, 3.05) is 7.11 Å². The van der Waals surface area contributed by atoms with E-state index in [1.165, 1.54) is 82.5 Å². The Hall–Kier alpha value is -0.320. The van der Waals surface area contributed by atoms with E-state index in [9.17, 15) is 0 Å². The van der Waals surface area contributed by atoms with Crippen LogP contribution in [0.4, 0.5) is 0 Å². The highest BCUT2D eigenvalue weighted by Gasteiger charge is 2.16. The molecule has 25 heavy (non-hydrogen) atoms. The van der Waals surface area contributed by atoms with Crippen LogP contribution in [0.1, 0.15) is 76.3 Å². The topological polar surface area (TPSA) is 9.23 Å². The van der Waals surface area contributed by atoms with Gasteiger partial charge in [0.15, 0.2) is 5.06 Å². The van der Waals surface area contributed by atoms with Gasteiger partial charge in [-0.25, -0.2) is 0 Å². The number of rotatable bonds is 12. The monoisotopic (exact) mass is 442 g/mol. The van der Waals surface area contributed by atoms with Gasteiger partial charge in [0.05, 0.1) is 10.9 Å². The van der Waals surface area contributed by atoms with Crippen LogP contribution in [0.15, 0.2) is 15.9 Å². The van der Waals surface area contributed by atoms with Crippen molar-refractivity contribution in [2.45, 2.75) is 78.1 Å². The Labute approximate surface area is 169 Å². The van der Waals surface area contributed by atoms with Gasteiger partial charge >= 0.3 is 0 Å². The summed E-state index contributed by atoms with van der Waals surface area (Å²) in [5.41, 5.74) is 2.88. The normalized spacial score (nSPS) is 11.2. The summed E-state index contributed by atoms with van der Waals surface area (Å²) in [5, 5.41) is 1.10. The predicted molar refractivity (Wildman–Crippen MR) is 118 cm³/mol. The Morgan fingerprint density at radius 3 is 2.08 bits per heavy atom. The summed E-state index contributed by atoms with van der Waals surface area (Å²) in [6.45, 7) is 4.53. The van der Waals surface area contributed by atoms with E-state index >= 15 is 0 Å². The fraction of sp³-hybridized carbons (Fsp3) is 0.619. The van der Waals surface area contributed by atoms with E-state index in [0.29, 0.717) is 0 Å². The number of halogens is 1. The van der Waals surface area contributed by atoms with E-state index in [1.807, 2.05) is 22.7 Å². The summed E-state index contributed by atoms with van der Waals surface area (Å²) in [6, 6.07) is 4.70. The Morgan fingerprint density at radius 1 is 0.840 bits per heavy atom. The maximum atomic E-state index is 5.68. The van der Waals surface area contributed by atoms with Gasteiger partial charge in [-0.3, -0.25) is 0 Å². The molecule has 0 N–H and O–H groups in total. The Balaban J connectivity index is 2.10. The summed E-state index contributed by atoms with van der Waals surface area (Å²) in [7, 11) is 1.81. The highest BCUT2D eigenvalue weighted by molar-refractivity contribution is 9.11. The minimum absolute atomic E-state index is 1.10. The zero-order chi connectivity index (χ0) is 18.1. The molecule has 2 heterocycles. The molecule has 0 saturated heterocycles. The average Bonchev–Trinajstić information content (AvgIpc) is 3.18. The first-order valence-electron chi connectivity index (χ1n) is 9.64. The molecule has 0 aliphatic carbocycles. The van der Waals surface area contributed by atoms with Crippen molar-refractivity contribution in [3.05, 3.63) is 27.0 Å². The van der Waals surface area contributed by atoms with Crippen molar-refractivity contribution in [1.82, 2.24) is 0 Å². The van der Waals surface area contributed by atoms with Gasteiger partial charge in [-0.15, -0.1) is 11.3 Å². The van der Waals surface area contributed by atoms with Crippen LogP contribution in [-0.2, 0) is 12.8 Å². The van der Waals surface area contributed by atoms with Crippen LogP contribution >= 0.6 is 38.6 Å². The van der Waals surface area contributed by atoms with Crippen molar-refractivity contribution >= 4 is 38.6 Å². The highest BCUT2D eigenvalue weighted by atomic mass is 79.9. The lowest BCUT2D eigenvalue weighted by atomic mass is 10.1. The SMILES string of the molecule is CCCCCCc1cc(-c2sc(Br)cc2CCCCCC)sc1OC. The number of hydrogen-bond donors (Lipinski definition) is 0. The molecule has 4 heteroatoms. The molecule has 0 fully saturated rings. The number of methoxy groups -OCH3 is 1. The van der Waals surface area contributed by atoms with Crippen LogP contribution < -0.4 is 4.74 Å². The van der Waals surface area contributed by atoms with E-state index in [4.69, 9.17) is 4.74 Å². The van der Waals surface area contributed by atoms with Crippen LogP contribution in [-0.4, -0.2) is 7.11 Å². The molecule has 0 aliphatic rings. The average molecular weight is 444 g/mol. The van der Waals surface area contributed by atoms with Crippen LogP contribution in [0, 0.1) is 0 Å². The smallest absolute Gasteiger partial charge is 0.177 e. The summed E-state index contributed by atoms with van der Waals surface area (Å²) in [4.78, 5) is 2.81. The predicted octanol–water partition coefficient (Wildman–Crippen LogP) is 8.49. The van der Waals surface area contributed by atoms with Gasteiger partial charge in [-0.1, -0.05) is 63.7 Å². The van der Waals surface area contributed by atoms with Gasteiger partial charge in [-0.2, -0.15) is 0 Å². The number of aryl methyl sites for hydroxylation is 2. The van der Waals surface area contributed by atoms with Crippen molar-refractivity contribution in [2.24, 2.45) is 0 Å². The van der Waals surface area contributed by atoms with Gasteiger partial charge in [0.25, 0.3) is 0 Å². The fourth-order valence-electron chi connectivity index (χ4n) is 3.14. The van der Waals surface area contributed by atoms with E-state index < -0.39 is 0 Å². The number of hydrogen-bond acceptors (Lipinski definition) is 3. The lowest BCUT2D eigenvalue weighted by molar-refractivity contribution is 0.421. The van der Waals surface area contributed by atoms with Gasteiger partial charge in [0.2, 0.25) is 0 Å². The van der Waals surface area contributed by atoms with Crippen molar-refractivity contribution in [3.8, 4) is 14.8 Å². The summed E-state index contributed by atoms with van der Waals surface area (Å²) >= 11 is 7.38. The Kier molecular flexibility index (Phi) is 9.57. The van der Waals surface area contributed by atoms with E-state index in [-0.39, 0.29) is 0 Å². The second kappa shape index (κ2) is 11.4. The third kappa shape index (κ3) is 6.41. The minimum atomic E-state index is 1.10. The van der Waals surface area contributed by atoms with Crippen molar-refractivity contribution < 1.29 is 4.74 Å². The zero-order valence-corrected chi connectivity index (χ0v) is 19.0. The Bertz CT molecular complexity index is 630. The van der Waals surface area contributed by atoms with Gasteiger partial charge < -0.3 is 4.74 Å². The van der Waals surface area contributed by atoms with Crippen LogP contribution in [0.5, 0.6) is 5.06 Å². The van der Waals surface area contributed by atoms with Gasteiger partial charge in [0, 0.05) is 15.3 Å². The minimum Gasteiger partial charge on any atom is -0.487 e. The van der Waals surface area contributed by atoms with E-state index in [0.717, 1.165) is 11.5 Å². The summed E-state index contributed by atoms with van der Waals surface area (Å²) in [5.74, 6) is 0. The maximum absolute atomic E-state index is 5.68. The molecule has 2 aromatic heterocycles. The molecule has 0 aromatic carbocycles. The quantitative estimate of drug-likeness (QED) is 0.299. The molecule has 2 aromatic rings. The van der Waals surface area contributed by atoms with Crippen LogP contribution in [0.2, 0.25) is 0 Å². The first-order chi connectivity index (χ1) is 12.2. The van der Waals surface area contributed by atoms with Gasteiger partial charge in [-0.05, 0) is 59.3 Å². The first-order valence-corrected chi connectivity index (χ1v) is 12.1. The first kappa shape index (κ1) is 21.0. The number of ether oxygens (including phenoxy) is 1. The molecule has 0 atom stereocenters. The molecule has 140 valence electrons. The van der Waals surface area contributed by atoms with E-state index in [2.05, 4.69) is 41.9 Å². The lowest BCUT2D eigenvalue weighted by Gasteiger charge is -2.02. The second-order valence-corrected chi connectivity index (χ2v) is 10.1. The van der Waals surface area contributed by atoms with E-state index in [1.54, 1.807) is 7.11 Å². The van der Waals surface area contributed by atoms with Crippen LogP contribution in [0.3, 0.4) is 0 Å². The number of unbranched alkanes of at least 4 members (excludes halogenated alkanes) is 6. The maximum Gasteiger partial charge on any atom is 0.177 e. The zero-order valence-electron chi connectivity index (χ0n) is 15.8. The molecule has 1 nitrogen and oxygen atoms in total. The largest absolute Gasteiger partial charge is 0.487 e. The van der Waals surface area contributed by atoms with Crippen LogP contribution in [0.25, 0.3) is 9.75 Å². The molecule has 2 rings (SSSR count).